The second-order valence-corrected chi connectivity index (χ2v) is 4.81. The van der Waals surface area contributed by atoms with Crippen LogP contribution in [0.5, 0.6) is 0 Å². The Kier molecular flexibility index (Phi) is 3.88. The van der Waals surface area contributed by atoms with Gasteiger partial charge in [0.2, 0.25) is 0 Å². The van der Waals surface area contributed by atoms with E-state index in [4.69, 9.17) is 5.73 Å². The Morgan fingerprint density at radius 2 is 2.33 bits per heavy atom. The number of nitrogens with two attached hydrogens (primary N) is 1. The standard InChI is InChI=1S/C12H14N4OS/c1-8-7-18-11(16-8)4-5-14-12(17)10-3-2-9(13)6-15-10/h2-3,6-7H,4-5,13H2,1H3,(H,14,17). The summed E-state index contributed by atoms with van der Waals surface area (Å²) in [6.45, 7) is 2.51. The number of carbonyl (C=O) groups is 1. The van der Waals surface area contributed by atoms with E-state index < -0.39 is 0 Å². The summed E-state index contributed by atoms with van der Waals surface area (Å²) in [7, 11) is 0. The Hall–Kier alpha value is -1.95. The molecule has 0 aliphatic heterocycles. The molecule has 94 valence electrons. The first-order valence-electron chi connectivity index (χ1n) is 5.56. The number of aryl methyl sites for hydroxylation is 1. The molecule has 0 saturated carbocycles. The smallest absolute Gasteiger partial charge is 0.269 e. The van der Waals surface area contributed by atoms with Crippen LogP contribution in [-0.2, 0) is 6.42 Å². The van der Waals surface area contributed by atoms with Crippen LogP contribution in [0.4, 0.5) is 5.69 Å². The lowest BCUT2D eigenvalue weighted by Crippen LogP contribution is -2.26. The summed E-state index contributed by atoms with van der Waals surface area (Å²) in [5, 5.41) is 5.83. The minimum Gasteiger partial charge on any atom is -0.397 e. The van der Waals surface area contributed by atoms with Crippen LogP contribution in [0.15, 0.2) is 23.7 Å². The second kappa shape index (κ2) is 5.59. The van der Waals surface area contributed by atoms with Gasteiger partial charge in [0.25, 0.3) is 5.91 Å². The maximum atomic E-state index is 11.7. The zero-order valence-corrected chi connectivity index (χ0v) is 10.8. The molecule has 0 aliphatic rings. The Morgan fingerprint density at radius 3 is 2.94 bits per heavy atom. The van der Waals surface area contributed by atoms with Crippen molar-refractivity contribution < 1.29 is 4.79 Å². The molecule has 5 nitrogen and oxygen atoms in total. The molecule has 2 aromatic heterocycles. The van der Waals surface area contributed by atoms with Crippen molar-refractivity contribution in [1.29, 1.82) is 0 Å². The minimum atomic E-state index is -0.191. The highest BCUT2D eigenvalue weighted by atomic mass is 32.1. The van der Waals surface area contributed by atoms with E-state index in [0.29, 0.717) is 17.9 Å². The molecule has 6 heteroatoms. The lowest BCUT2D eigenvalue weighted by Gasteiger charge is -2.03. The van der Waals surface area contributed by atoms with Crippen molar-refractivity contribution in [1.82, 2.24) is 15.3 Å². The third-order valence-electron chi connectivity index (χ3n) is 2.31. The van der Waals surface area contributed by atoms with Gasteiger partial charge in [-0.25, -0.2) is 9.97 Å². The summed E-state index contributed by atoms with van der Waals surface area (Å²) >= 11 is 1.60. The predicted molar refractivity (Wildman–Crippen MR) is 71.5 cm³/mol. The van der Waals surface area contributed by atoms with Gasteiger partial charge in [0.1, 0.15) is 5.69 Å². The molecule has 0 unspecified atom stereocenters. The SMILES string of the molecule is Cc1csc(CCNC(=O)c2ccc(N)cn2)n1. The highest BCUT2D eigenvalue weighted by molar-refractivity contribution is 7.09. The van der Waals surface area contributed by atoms with Crippen molar-refractivity contribution in [3.05, 3.63) is 40.1 Å². The molecule has 2 aromatic rings. The number of pyridine rings is 1. The summed E-state index contributed by atoms with van der Waals surface area (Å²) < 4.78 is 0. The van der Waals surface area contributed by atoms with E-state index in [2.05, 4.69) is 15.3 Å². The van der Waals surface area contributed by atoms with Crippen LogP contribution in [-0.4, -0.2) is 22.4 Å². The van der Waals surface area contributed by atoms with E-state index in [1.807, 2.05) is 12.3 Å². The summed E-state index contributed by atoms with van der Waals surface area (Å²) in [5.74, 6) is -0.191. The van der Waals surface area contributed by atoms with Crippen molar-refractivity contribution in [2.24, 2.45) is 0 Å². The van der Waals surface area contributed by atoms with Gasteiger partial charge < -0.3 is 11.1 Å². The van der Waals surface area contributed by atoms with E-state index in [0.717, 1.165) is 17.1 Å². The molecular weight excluding hydrogens is 248 g/mol. The molecule has 2 rings (SSSR count). The van der Waals surface area contributed by atoms with Crippen LogP contribution in [0.3, 0.4) is 0 Å². The number of amides is 1. The number of anilines is 1. The van der Waals surface area contributed by atoms with E-state index in [9.17, 15) is 4.79 Å². The topological polar surface area (TPSA) is 80.9 Å². The summed E-state index contributed by atoms with van der Waals surface area (Å²) in [6, 6.07) is 3.27. The molecule has 18 heavy (non-hydrogen) atoms. The van der Waals surface area contributed by atoms with Gasteiger partial charge >= 0.3 is 0 Å². The number of thiazole rings is 1. The maximum Gasteiger partial charge on any atom is 0.269 e. The number of hydrogen-bond donors (Lipinski definition) is 2. The van der Waals surface area contributed by atoms with Gasteiger partial charge in [-0.3, -0.25) is 4.79 Å². The van der Waals surface area contributed by atoms with Crippen molar-refractivity contribution >= 4 is 22.9 Å². The highest BCUT2D eigenvalue weighted by Gasteiger charge is 2.06. The highest BCUT2D eigenvalue weighted by Crippen LogP contribution is 2.08. The number of hydrogen-bond acceptors (Lipinski definition) is 5. The van der Waals surface area contributed by atoms with Crippen LogP contribution >= 0.6 is 11.3 Å². The first-order chi connectivity index (χ1) is 8.65. The molecule has 0 radical (unpaired) electrons. The maximum absolute atomic E-state index is 11.7. The predicted octanol–water partition coefficient (Wildman–Crippen LogP) is 1.40. The fraction of sp³-hybridized carbons (Fsp3) is 0.250. The number of nitrogens with one attached hydrogen (secondary N) is 1. The largest absolute Gasteiger partial charge is 0.397 e. The number of rotatable bonds is 4. The molecule has 0 fully saturated rings. The third-order valence-corrected chi connectivity index (χ3v) is 3.34. The van der Waals surface area contributed by atoms with Gasteiger partial charge in [-0.05, 0) is 19.1 Å². The number of nitrogens with zero attached hydrogens (tertiary/aromatic N) is 2. The molecule has 0 aromatic carbocycles. The zero-order chi connectivity index (χ0) is 13.0. The Bertz CT molecular complexity index is 535. The van der Waals surface area contributed by atoms with Crippen molar-refractivity contribution in [3.8, 4) is 0 Å². The molecule has 0 aliphatic carbocycles. The zero-order valence-electron chi connectivity index (χ0n) is 10.0. The van der Waals surface area contributed by atoms with Crippen molar-refractivity contribution in [2.45, 2.75) is 13.3 Å². The number of nitrogen functional groups attached to an aromatic ring is 1. The Balaban J connectivity index is 1.83. The monoisotopic (exact) mass is 262 g/mol. The third kappa shape index (κ3) is 3.27. The van der Waals surface area contributed by atoms with Crippen LogP contribution in [0.1, 0.15) is 21.2 Å². The molecule has 2 heterocycles. The average molecular weight is 262 g/mol. The lowest BCUT2D eigenvalue weighted by molar-refractivity contribution is 0.0949. The van der Waals surface area contributed by atoms with Crippen LogP contribution in [0.2, 0.25) is 0 Å². The van der Waals surface area contributed by atoms with Gasteiger partial charge in [0.15, 0.2) is 0 Å². The first-order valence-corrected chi connectivity index (χ1v) is 6.44. The van der Waals surface area contributed by atoms with E-state index in [1.54, 1.807) is 23.5 Å². The van der Waals surface area contributed by atoms with Gasteiger partial charge in [-0.2, -0.15) is 0 Å². The van der Waals surface area contributed by atoms with Gasteiger partial charge in [0.05, 0.1) is 16.9 Å². The first kappa shape index (κ1) is 12.5. The number of carbonyl (C=O) groups excluding carboxylic acids is 1. The summed E-state index contributed by atoms with van der Waals surface area (Å²) in [5.41, 5.74) is 7.44. The number of aromatic nitrogens is 2. The van der Waals surface area contributed by atoms with E-state index in [1.165, 1.54) is 6.20 Å². The van der Waals surface area contributed by atoms with Crippen molar-refractivity contribution in [3.63, 3.8) is 0 Å². The molecular formula is C12H14N4OS. The van der Waals surface area contributed by atoms with Gasteiger partial charge in [-0.1, -0.05) is 0 Å². The Morgan fingerprint density at radius 1 is 1.50 bits per heavy atom. The lowest BCUT2D eigenvalue weighted by atomic mass is 10.3. The van der Waals surface area contributed by atoms with Crippen LogP contribution < -0.4 is 11.1 Å². The van der Waals surface area contributed by atoms with Crippen molar-refractivity contribution in [2.75, 3.05) is 12.3 Å². The average Bonchev–Trinajstić information content (AvgIpc) is 2.76. The van der Waals surface area contributed by atoms with E-state index in [-0.39, 0.29) is 5.91 Å². The van der Waals surface area contributed by atoms with E-state index >= 15 is 0 Å². The van der Waals surface area contributed by atoms with Gasteiger partial charge in [-0.15, -0.1) is 11.3 Å². The quantitative estimate of drug-likeness (QED) is 0.872. The normalized spacial score (nSPS) is 10.3. The summed E-state index contributed by atoms with van der Waals surface area (Å²) in [6.07, 6.45) is 2.21. The molecule has 1 amide bonds. The fourth-order valence-corrected chi connectivity index (χ4v) is 2.21. The van der Waals surface area contributed by atoms with Crippen LogP contribution in [0.25, 0.3) is 0 Å². The summed E-state index contributed by atoms with van der Waals surface area (Å²) in [4.78, 5) is 20.0. The molecule has 0 saturated heterocycles. The molecule has 0 atom stereocenters. The molecule has 3 N–H and O–H groups in total. The Labute approximate surface area is 109 Å². The van der Waals surface area contributed by atoms with Gasteiger partial charge in [0, 0.05) is 24.0 Å². The fourth-order valence-electron chi connectivity index (χ4n) is 1.43. The molecule has 0 spiro atoms. The molecule has 0 bridgehead atoms. The minimum absolute atomic E-state index is 0.191. The second-order valence-electron chi connectivity index (χ2n) is 3.87. The van der Waals surface area contributed by atoms with Crippen LogP contribution in [0, 0.1) is 6.92 Å².